The Morgan fingerprint density at radius 1 is 0.906 bits per heavy atom. The fourth-order valence-corrected chi connectivity index (χ4v) is 4.40. The first-order valence-electron chi connectivity index (χ1n) is 9.68. The summed E-state index contributed by atoms with van der Waals surface area (Å²) in [5, 5.41) is 0.379. The summed E-state index contributed by atoms with van der Waals surface area (Å²) in [6.07, 6.45) is 0. The predicted octanol–water partition coefficient (Wildman–Crippen LogP) is 4.55. The van der Waals surface area contributed by atoms with Crippen molar-refractivity contribution in [2.75, 3.05) is 24.6 Å². The minimum atomic E-state index is -4.23. The van der Waals surface area contributed by atoms with E-state index in [0.717, 1.165) is 0 Å². The highest BCUT2D eigenvalue weighted by molar-refractivity contribution is 7.93. The molecule has 7 nitrogen and oxygen atoms in total. The number of hydrogen-bond donors (Lipinski definition) is 0. The topological polar surface area (TPSA) is 82.1 Å². The van der Waals surface area contributed by atoms with Crippen LogP contribution in [0.4, 0.5) is 5.69 Å². The Kier molecular flexibility index (Phi) is 7.61. The van der Waals surface area contributed by atoms with Crippen LogP contribution in [0.25, 0.3) is 0 Å². The molecule has 0 aliphatic heterocycles. The molecule has 0 spiro atoms. The predicted molar refractivity (Wildman–Crippen MR) is 122 cm³/mol. The van der Waals surface area contributed by atoms with E-state index >= 15 is 0 Å². The first-order valence-corrected chi connectivity index (χ1v) is 11.5. The number of halogens is 1. The molecule has 168 valence electrons. The van der Waals surface area contributed by atoms with Gasteiger partial charge in [-0.05, 0) is 67.6 Å². The van der Waals surface area contributed by atoms with E-state index in [1.807, 2.05) is 6.92 Å². The number of amides is 1. The van der Waals surface area contributed by atoms with Crippen LogP contribution in [-0.2, 0) is 14.8 Å². The highest BCUT2D eigenvalue weighted by Gasteiger charge is 2.31. The summed E-state index contributed by atoms with van der Waals surface area (Å²) < 4.78 is 43.5. The van der Waals surface area contributed by atoms with Crippen LogP contribution in [0.2, 0.25) is 5.02 Å². The number of nitrogens with zero attached hydrogens (tertiary/aromatic N) is 1. The van der Waals surface area contributed by atoms with Gasteiger partial charge in [0.1, 0.15) is 17.2 Å². The van der Waals surface area contributed by atoms with Crippen molar-refractivity contribution in [1.29, 1.82) is 0 Å². The van der Waals surface area contributed by atoms with Crippen LogP contribution in [0.15, 0.2) is 77.7 Å². The number of rotatable bonds is 9. The second kappa shape index (κ2) is 10.4. The number of carbonyl (C=O) groups is 1. The van der Waals surface area contributed by atoms with Crippen molar-refractivity contribution in [3.63, 3.8) is 0 Å². The standard InChI is InChI=1S/C23H22ClNO6S/c1-3-30-19-11-9-18(10-12-19)25(32(27,28)22-13-7-17(24)8-14-22)23(26)16-31-21-6-4-5-20(15-21)29-2/h4-15H,3,16H2,1-2H3. The second-order valence-corrected chi connectivity index (χ2v) is 8.73. The Labute approximate surface area is 192 Å². The molecular formula is C23H22ClNO6S. The monoisotopic (exact) mass is 475 g/mol. The molecule has 1 amide bonds. The lowest BCUT2D eigenvalue weighted by Gasteiger charge is -2.23. The third-order valence-electron chi connectivity index (χ3n) is 4.36. The first-order chi connectivity index (χ1) is 15.3. The van der Waals surface area contributed by atoms with Gasteiger partial charge in [-0.25, -0.2) is 8.42 Å². The van der Waals surface area contributed by atoms with Crippen LogP contribution in [-0.4, -0.2) is 34.6 Å². The minimum absolute atomic E-state index is 0.0782. The Morgan fingerprint density at radius 2 is 1.56 bits per heavy atom. The molecule has 0 saturated carbocycles. The fourth-order valence-electron chi connectivity index (χ4n) is 2.87. The molecule has 0 N–H and O–H groups in total. The molecule has 32 heavy (non-hydrogen) atoms. The maximum atomic E-state index is 13.4. The molecule has 0 bridgehead atoms. The van der Waals surface area contributed by atoms with Crippen molar-refractivity contribution >= 4 is 33.2 Å². The molecule has 3 aromatic rings. The highest BCUT2D eigenvalue weighted by atomic mass is 35.5. The van der Waals surface area contributed by atoms with Gasteiger partial charge in [-0.15, -0.1) is 0 Å². The Hall–Kier alpha value is -3.23. The Morgan fingerprint density at radius 3 is 2.19 bits per heavy atom. The van der Waals surface area contributed by atoms with Crippen LogP contribution < -0.4 is 18.5 Å². The second-order valence-electron chi connectivity index (χ2n) is 6.51. The summed E-state index contributed by atoms with van der Waals surface area (Å²) in [6.45, 7) is 1.79. The zero-order valence-corrected chi connectivity index (χ0v) is 19.1. The van der Waals surface area contributed by atoms with E-state index in [1.54, 1.807) is 36.4 Å². The number of ether oxygens (including phenoxy) is 3. The molecule has 0 saturated heterocycles. The average molecular weight is 476 g/mol. The van der Waals surface area contributed by atoms with Crippen molar-refractivity contribution in [3.05, 3.63) is 77.8 Å². The summed E-state index contributed by atoms with van der Waals surface area (Å²) >= 11 is 5.89. The summed E-state index contributed by atoms with van der Waals surface area (Å²) in [4.78, 5) is 13.0. The summed E-state index contributed by atoms with van der Waals surface area (Å²) in [5.74, 6) is 0.701. The van der Waals surface area contributed by atoms with Crippen molar-refractivity contribution in [3.8, 4) is 17.2 Å². The lowest BCUT2D eigenvalue weighted by atomic mass is 10.3. The van der Waals surface area contributed by atoms with E-state index < -0.39 is 22.5 Å². The molecule has 0 aromatic heterocycles. The van der Waals surface area contributed by atoms with Crippen LogP contribution in [0, 0.1) is 0 Å². The zero-order valence-electron chi connectivity index (χ0n) is 17.5. The van der Waals surface area contributed by atoms with E-state index in [4.69, 9.17) is 25.8 Å². The van der Waals surface area contributed by atoms with Gasteiger partial charge in [0.2, 0.25) is 0 Å². The van der Waals surface area contributed by atoms with Crippen molar-refractivity contribution in [2.45, 2.75) is 11.8 Å². The molecule has 0 atom stereocenters. The van der Waals surface area contributed by atoms with E-state index in [2.05, 4.69) is 0 Å². The summed E-state index contributed by atoms with van der Waals surface area (Å²) in [5.41, 5.74) is 0.155. The molecular weight excluding hydrogens is 454 g/mol. The number of hydrogen-bond acceptors (Lipinski definition) is 6. The molecule has 0 unspecified atom stereocenters. The quantitative estimate of drug-likeness (QED) is 0.451. The molecule has 0 radical (unpaired) electrons. The summed E-state index contributed by atoms with van der Waals surface area (Å²) in [7, 11) is -2.72. The number of sulfonamides is 1. The van der Waals surface area contributed by atoms with Crippen LogP contribution >= 0.6 is 11.6 Å². The zero-order chi connectivity index (χ0) is 23.1. The minimum Gasteiger partial charge on any atom is -0.497 e. The van der Waals surface area contributed by atoms with E-state index in [-0.39, 0.29) is 10.6 Å². The van der Waals surface area contributed by atoms with Gasteiger partial charge in [-0.1, -0.05) is 17.7 Å². The third kappa shape index (κ3) is 5.52. The van der Waals surface area contributed by atoms with Crippen LogP contribution in [0.1, 0.15) is 6.92 Å². The number of methoxy groups -OCH3 is 1. The van der Waals surface area contributed by atoms with Gasteiger partial charge in [0, 0.05) is 11.1 Å². The van der Waals surface area contributed by atoms with Crippen LogP contribution in [0.3, 0.4) is 0 Å². The van der Waals surface area contributed by atoms with Gasteiger partial charge in [0.25, 0.3) is 15.9 Å². The van der Waals surface area contributed by atoms with E-state index in [0.29, 0.717) is 33.2 Å². The number of anilines is 1. The largest absolute Gasteiger partial charge is 0.497 e. The van der Waals surface area contributed by atoms with E-state index in [1.165, 1.54) is 43.5 Å². The average Bonchev–Trinajstić information content (AvgIpc) is 2.79. The van der Waals surface area contributed by atoms with E-state index in [9.17, 15) is 13.2 Å². The van der Waals surface area contributed by atoms with Crippen molar-refractivity contribution < 1.29 is 27.4 Å². The SMILES string of the molecule is CCOc1ccc(N(C(=O)COc2cccc(OC)c2)S(=O)(=O)c2ccc(Cl)cc2)cc1. The molecule has 0 aliphatic rings. The van der Waals surface area contributed by atoms with Crippen molar-refractivity contribution in [1.82, 2.24) is 0 Å². The van der Waals surface area contributed by atoms with Crippen LogP contribution in [0.5, 0.6) is 17.2 Å². The molecule has 9 heteroatoms. The fraction of sp³-hybridized carbons (Fsp3) is 0.174. The maximum absolute atomic E-state index is 13.4. The van der Waals surface area contributed by atoms with Gasteiger partial charge in [-0.3, -0.25) is 4.79 Å². The van der Waals surface area contributed by atoms with Gasteiger partial charge < -0.3 is 14.2 Å². The first kappa shape index (κ1) is 23.4. The Bertz CT molecular complexity index is 1160. The lowest BCUT2D eigenvalue weighted by Crippen LogP contribution is -2.40. The van der Waals surface area contributed by atoms with Gasteiger partial charge in [0.05, 0.1) is 24.3 Å². The molecule has 3 aromatic carbocycles. The molecule has 0 fully saturated rings. The Balaban J connectivity index is 1.93. The normalized spacial score (nSPS) is 11.0. The molecule has 3 rings (SSSR count). The number of benzene rings is 3. The molecule has 0 heterocycles. The van der Waals surface area contributed by atoms with Crippen molar-refractivity contribution in [2.24, 2.45) is 0 Å². The smallest absolute Gasteiger partial charge is 0.278 e. The van der Waals surface area contributed by atoms with Gasteiger partial charge >= 0.3 is 0 Å². The maximum Gasteiger partial charge on any atom is 0.278 e. The number of carbonyl (C=O) groups excluding carboxylic acids is 1. The third-order valence-corrected chi connectivity index (χ3v) is 6.38. The molecule has 0 aliphatic carbocycles. The highest BCUT2D eigenvalue weighted by Crippen LogP contribution is 2.27. The lowest BCUT2D eigenvalue weighted by molar-refractivity contribution is -0.119. The summed E-state index contributed by atoms with van der Waals surface area (Å²) in [6, 6.07) is 18.4. The van der Waals surface area contributed by atoms with Gasteiger partial charge in [-0.2, -0.15) is 4.31 Å². The van der Waals surface area contributed by atoms with Gasteiger partial charge in [0.15, 0.2) is 6.61 Å².